The van der Waals surface area contributed by atoms with E-state index in [1.54, 1.807) is 18.2 Å². The standard InChI is InChI=1S/C9H12ClIN2O3S/c1-16-5-4-12-17(14,15)13-9-3-2-7(10)6-8(9)11/h2-3,6,12-13H,4-5H2,1H3. The Hall–Kier alpha value is -0.0900. The predicted octanol–water partition coefficient (Wildman–Crippen LogP) is 1.84. The van der Waals surface area contributed by atoms with E-state index in [-0.39, 0.29) is 6.54 Å². The summed E-state index contributed by atoms with van der Waals surface area (Å²) >= 11 is 7.78. The Balaban J connectivity index is 2.69. The van der Waals surface area contributed by atoms with Crippen LogP contribution in [0.25, 0.3) is 0 Å². The molecule has 1 aromatic rings. The van der Waals surface area contributed by atoms with Gasteiger partial charge >= 0.3 is 0 Å². The molecule has 5 nitrogen and oxygen atoms in total. The van der Waals surface area contributed by atoms with Crippen molar-refractivity contribution in [1.29, 1.82) is 0 Å². The van der Waals surface area contributed by atoms with Crippen molar-refractivity contribution in [3.05, 3.63) is 26.8 Å². The van der Waals surface area contributed by atoms with E-state index in [1.165, 1.54) is 7.11 Å². The van der Waals surface area contributed by atoms with Gasteiger partial charge in [-0.1, -0.05) is 11.6 Å². The minimum Gasteiger partial charge on any atom is -0.383 e. The molecule has 96 valence electrons. The van der Waals surface area contributed by atoms with Crippen LogP contribution in [0.1, 0.15) is 0 Å². The van der Waals surface area contributed by atoms with Gasteiger partial charge in [0.15, 0.2) is 0 Å². The molecule has 0 aliphatic rings. The molecule has 0 aromatic heterocycles. The number of ether oxygens (including phenoxy) is 1. The number of rotatable bonds is 6. The van der Waals surface area contributed by atoms with Crippen molar-refractivity contribution in [3.63, 3.8) is 0 Å². The number of hydrogen-bond donors (Lipinski definition) is 2. The Labute approximate surface area is 119 Å². The van der Waals surface area contributed by atoms with Crippen LogP contribution < -0.4 is 9.44 Å². The molecule has 0 saturated heterocycles. The number of methoxy groups -OCH3 is 1. The van der Waals surface area contributed by atoms with Crippen LogP contribution in [0.2, 0.25) is 5.02 Å². The third-order valence-corrected chi connectivity index (χ3v) is 3.97. The smallest absolute Gasteiger partial charge is 0.299 e. The molecule has 1 rings (SSSR count). The SMILES string of the molecule is COCCNS(=O)(=O)Nc1ccc(Cl)cc1I. The maximum Gasteiger partial charge on any atom is 0.299 e. The summed E-state index contributed by atoms with van der Waals surface area (Å²) in [5, 5.41) is 0.560. The second kappa shape index (κ2) is 6.74. The van der Waals surface area contributed by atoms with Gasteiger partial charge in [-0.15, -0.1) is 0 Å². The molecular weight excluding hydrogens is 379 g/mol. The molecule has 0 saturated carbocycles. The summed E-state index contributed by atoms with van der Waals surface area (Å²) in [6.07, 6.45) is 0. The molecule has 0 atom stereocenters. The largest absolute Gasteiger partial charge is 0.383 e. The summed E-state index contributed by atoms with van der Waals surface area (Å²) in [7, 11) is -2.07. The normalized spacial score (nSPS) is 11.5. The Morgan fingerprint density at radius 3 is 2.76 bits per heavy atom. The third kappa shape index (κ3) is 5.38. The van der Waals surface area contributed by atoms with E-state index in [9.17, 15) is 8.42 Å². The lowest BCUT2D eigenvalue weighted by molar-refractivity contribution is 0.204. The quantitative estimate of drug-likeness (QED) is 0.575. The highest BCUT2D eigenvalue weighted by atomic mass is 127. The summed E-state index contributed by atoms with van der Waals surface area (Å²) < 4.78 is 33.4. The van der Waals surface area contributed by atoms with Crippen molar-refractivity contribution >= 4 is 50.1 Å². The van der Waals surface area contributed by atoms with Crippen molar-refractivity contribution in [3.8, 4) is 0 Å². The van der Waals surface area contributed by atoms with Gasteiger partial charge in [0.25, 0.3) is 10.2 Å². The van der Waals surface area contributed by atoms with Gasteiger partial charge in [-0.05, 0) is 40.8 Å². The molecule has 0 spiro atoms. The monoisotopic (exact) mass is 390 g/mol. The minimum atomic E-state index is -3.57. The Morgan fingerprint density at radius 1 is 1.47 bits per heavy atom. The summed E-state index contributed by atoms with van der Waals surface area (Å²) in [5.74, 6) is 0. The minimum absolute atomic E-state index is 0.218. The fourth-order valence-corrected chi connectivity index (χ4v) is 3.11. The van der Waals surface area contributed by atoms with Crippen molar-refractivity contribution in [2.45, 2.75) is 0 Å². The highest BCUT2D eigenvalue weighted by molar-refractivity contribution is 14.1. The van der Waals surface area contributed by atoms with Crippen molar-refractivity contribution in [1.82, 2.24) is 4.72 Å². The molecule has 0 heterocycles. The van der Waals surface area contributed by atoms with Crippen LogP contribution in [-0.4, -0.2) is 28.7 Å². The average molecular weight is 391 g/mol. The molecular formula is C9H12ClIN2O3S. The van der Waals surface area contributed by atoms with Crippen LogP contribution in [0.15, 0.2) is 18.2 Å². The van der Waals surface area contributed by atoms with Crippen LogP contribution in [0.4, 0.5) is 5.69 Å². The second-order valence-corrected chi connectivity index (χ2v) is 6.22. The lowest BCUT2D eigenvalue weighted by atomic mass is 10.3. The first-order valence-electron chi connectivity index (χ1n) is 4.66. The van der Waals surface area contributed by atoms with E-state index in [4.69, 9.17) is 16.3 Å². The fourth-order valence-electron chi connectivity index (χ4n) is 1.03. The first kappa shape index (κ1) is 15.0. The number of anilines is 1. The average Bonchev–Trinajstić information content (AvgIpc) is 2.22. The van der Waals surface area contributed by atoms with E-state index >= 15 is 0 Å². The Morgan fingerprint density at radius 2 is 2.18 bits per heavy atom. The van der Waals surface area contributed by atoms with Crippen molar-refractivity contribution in [2.75, 3.05) is 25.0 Å². The van der Waals surface area contributed by atoms with Gasteiger partial charge in [-0.3, -0.25) is 4.72 Å². The van der Waals surface area contributed by atoms with Gasteiger partial charge in [0.05, 0.1) is 12.3 Å². The third-order valence-electron chi connectivity index (χ3n) is 1.77. The summed E-state index contributed by atoms with van der Waals surface area (Å²) in [6.45, 7) is 0.536. The summed E-state index contributed by atoms with van der Waals surface area (Å²) in [4.78, 5) is 0. The van der Waals surface area contributed by atoms with Crippen LogP contribution in [-0.2, 0) is 14.9 Å². The maximum atomic E-state index is 11.6. The maximum absolute atomic E-state index is 11.6. The number of nitrogens with one attached hydrogen (secondary N) is 2. The number of hydrogen-bond acceptors (Lipinski definition) is 3. The van der Waals surface area contributed by atoms with Gasteiger partial charge in [0, 0.05) is 22.2 Å². The topological polar surface area (TPSA) is 67.4 Å². The molecule has 0 unspecified atom stereocenters. The van der Waals surface area contributed by atoms with E-state index in [2.05, 4.69) is 9.44 Å². The molecule has 0 radical (unpaired) electrons. The predicted molar refractivity (Wildman–Crippen MR) is 76.6 cm³/mol. The Kier molecular flexibility index (Phi) is 5.93. The molecule has 8 heteroatoms. The Bertz CT molecular complexity index is 481. The first-order chi connectivity index (χ1) is 7.94. The van der Waals surface area contributed by atoms with E-state index in [0.29, 0.717) is 17.3 Å². The zero-order valence-corrected chi connectivity index (χ0v) is 12.8. The van der Waals surface area contributed by atoms with Gasteiger partial charge < -0.3 is 4.74 Å². The van der Waals surface area contributed by atoms with E-state index < -0.39 is 10.2 Å². The number of halogens is 2. The molecule has 0 fully saturated rings. The molecule has 0 bridgehead atoms. The van der Waals surface area contributed by atoms with Gasteiger partial charge in [0.2, 0.25) is 0 Å². The number of benzene rings is 1. The summed E-state index contributed by atoms with van der Waals surface area (Å²) in [6, 6.07) is 4.91. The van der Waals surface area contributed by atoms with Gasteiger partial charge in [-0.25, -0.2) is 0 Å². The van der Waals surface area contributed by atoms with Crippen LogP contribution in [0.5, 0.6) is 0 Å². The molecule has 1 aromatic carbocycles. The molecule has 0 amide bonds. The fraction of sp³-hybridized carbons (Fsp3) is 0.333. The van der Waals surface area contributed by atoms with Crippen LogP contribution in [0, 0.1) is 3.57 Å². The van der Waals surface area contributed by atoms with Crippen molar-refractivity contribution in [2.24, 2.45) is 0 Å². The van der Waals surface area contributed by atoms with Gasteiger partial charge in [0.1, 0.15) is 0 Å². The molecule has 2 N–H and O–H groups in total. The van der Waals surface area contributed by atoms with Crippen LogP contribution >= 0.6 is 34.2 Å². The second-order valence-electron chi connectivity index (χ2n) is 3.12. The van der Waals surface area contributed by atoms with E-state index in [0.717, 1.165) is 3.57 Å². The molecule has 0 aliphatic carbocycles. The van der Waals surface area contributed by atoms with E-state index in [1.807, 2.05) is 22.6 Å². The first-order valence-corrected chi connectivity index (χ1v) is 7.60. The highest BCUT2D eigenvalue weighted by Crippen LogP contribution is 2.22. The van der Waals surface area contributed by atoms with Crippen molar-refractivity contribution < 1.29 is 13.2 Å². The zero-order valence-electron chi connectivity index (χ0n) is 9.04. The summed E-state index contributed by atoms with van der Waals surface area (Å²) in [5.41, 5.74) is 0.486. The lowest BCUT2D eigenvalue weighted by Gasteiger charge is -2.10. The zero-order chi connectivity index (χ0) is 12.9. The lowest BCUT2D eigenvalue weighted by Crippen LogP contribution is -2.32. The highest BCUT2D eigenvalue weighted by Gasteiger charge is 2.11. The molecule has 17 heavy (non-hydrogen) atoms. The van der Waals surface area contributed by atoms with Crippen LogP contribution in [0.3, 0.4) is 0 Å². The molecule has 0 aliphatic heterocycles. The van der Waals surface area contributed by atoms with Gasteiger partial charge in [-0.2, -0.15) is 13.1 Å².